The molecule has 0 radical (unpaired) electrons. The third kappa shape index (κ3) is 4.92. The highest BCUT2D eigenvalue weighted by Crippen LogP contribution is 2.18. The van der Waals surface area contributed by atoms with E-state index in [4.69, 9.17) is 0 Å². The Morgan fingerprint density at radius 1 is 1.00 bits per heavy atom. The van der Waals surface area contributed by atoms with Gasteiger partial charge in [0.1, 0.15) is 5.75 Å². The van der Waals surface area contributed by atoms with Gasteiger partial charge in [-0.3, -0.25) is 0 Å². The van der Waals surface area contributed by atoms with E-state index in [0.717, 1.165) is 11.3 Å². The summed E-state index contributed by atoms with van der Waals surface area (Å²) in [7, 11) is 0. The molecular weight excluding hydrogens is 278 g/mol. The Morgan fingerprint density at radius 3 is 2.29 bits per heavy atom. The number of halogens is 2. The van der Waals surface area contributed by atoms with E-state index in [1.54, 1.807) is 12.1 Å². The number of aryl methyl sites for hydroxylation is 1. The molecule has 21 heavy (non-hydrogen) atoms. The van der Waals surface area contributed by atoms with E-state index in [-0.39, 0.29) is 5.75 Å². The largest absolute Gasteiger partial charge is 0.435 e. The van der Waals surface area contributed by atoms with Crippen LogP contribution in [0, 0.1) is 6.92 Å². The van der Waals surface area contributed by atoms with Crippen LogP contribution in [-0.4, -0.2) is 18.1 Å². The van der Waals surface area contributed by atoms with E-state index >= 15 is 0 Å². The Hall–Kier alpha value is -2.34. The van der Waals surface area contributed by atoms with Crippen molar-refractivity contribution in [1.29, 1.82) is 0 Å². The van der Waals surface area contributed by atoms with E-state index in [1.807, 2.05) is 31.2 Å². The molecule has 2 aromatic rings. The molecule has 2 aromatic carbocycles. The zero-order chi connectivity index (χ0) is 15.2. The first-order valence-corrected chi connectivity index (χ1v) is 6.35. The van der Waals surface area contributed by atoms with Crippen molar-refractivity contribution < 1.29 is 18.6 Å². The maximum atomic E-state index is 12.0. The average Bonchev–Trinajstić information content (AvgIpc) is 2.40. The van der Waals surface area contributed by atoms with E-state index in [2.05, 4.69) is 15.4 Å². The van der Waals surface area contributed by atoms with Crippen LogP contribution in [-0.2, 0) is 0 Å². The Labute approximate surface area is 121 Å². The molecule has 0 spiro atoms. The highest BCUT2D eigenvalue weighted by atomic mass is 19.3. The summed E-state index contributed by atoms with van der Waals surface area (Å²) >= 11 is 0. The van der Waals surface area contributed by atoms with Crippen molar-refractivity contribution in [2.24, 2.45) is 0 Å². The Bertz CT molecular complexity index is 576. The SMILES string of the molecule is Cc1cccc(NC(O)Nc2ccc(OC(F)F)cc2)c1. The Kier molecular flexibility index (Phi) is 4.94. The second kappa shape index (κ2) is 6.90. The van der Waals surface area contributed by atoms with Crippen molar-refractivity contribution in [3.63, 3.8) is 0 Å². The molecule has 0 saturated carbocycles. The summed E-state index contributed by atoms with van der Waals surface area (Å²) in [4.78, 5) is 0. The number of hydrogen-bond acceptors (Lipinski definition) is 4. The fraction of sp³-hybridized carbons (Fsp3) is 0.200. The molecular formula is C15H16F2N2O2. The van der Waals surface area contributed by atoms with Gasteiger partial charge in [-0.1, -0.05) is 12.1 Å². The van der Waals surface area contributed by atoms with Crippen molar-refractivity contribution in [1.82, 2.24) is 0 Å². The van der Waals surface area contributed by atoms with Crippen LogP contribution in [0.3, 0.4) is 0 Å². The quantitative estimate of drug-likeness (QED) is 0.715. The minimum absolute atomic E-state index is 0.0664. The minimum Gasteiger partial charge on any atom is -0.435 e. The van der Waals surface area contributed by atoms with Crippen LogP contribution in [0.1, 0.15) is 5.56 Å². The molecule has 0 fully saturated rings. The van der Waals surface area contributed by atoms with Gasteiger partial charge in [-0.05, 0) is 48.9 Å². The van der Waals surface area contributed by atoms with Crippen LogP contribution in [0.25, 0.3) is 0 Å². The Balaban J connectivity index is 1.91. The molecule has 1 atom stereocenters. The third-order valence-corrected chi connectivity index (χ3v) is 2.70. The van der Waals surface area contributed by atoms with Crippen LogP contribution in [0.15, 0.2) is 48.5 Å². The van der Waals surface area contributed by atoms with Crippen LogP contribution in [0.4, 0.5) is 20.2 Å². The van der Waals surface area contributed by atoms with Crippen molar-refractivity contribution in [3.8, 4) is 5.75 Å². The summed E-state index contributed by atoms with van der Waals surface area (Å²) in [5.41, 5.74) is 2.41. The molecule has 2 rings (SSSR count). The standard InChI is InChI=1S/C15H16F2N2O2/c1-10-3-2-4-12(9-10)19-15(20)18-11-5-7-13(8-6-11)21-14(16)17/h2-9,14-15,18-20H,1H3. The molecule has 0 saturated heterocycles. The topological polar surface area (TPSA) is 53.5 Å². The first kappa shape index (κ1) is 15.1. The van der Waals surface area contributed by atoms with Gasteiger partial charge in [-0.2, -0.15) is 8.78 Å². The lowest BCUT2D eigenvalue weighted by atomic mass is 10.2. The summed E-state index contributed by atoms with van der Waals surface area (Å²) < 4.78 is 28.3. The fourth-order valence-corrected chi connectivity index (χ4v) is 1.82. The summed E-state index contributed by atoms with van der Waals surface area (Å²) in [6.45, 7) is -0.899. The van der Waals surface area contributed by atoms with Crippen LogP contribution in [0.5, 0.6) is 5.75 Å². The van der Waals surface area contributed by atoms with Crippen molar-refractivity contribution in [3.05, 3.63) is 54.1 Å². The number of aliphatic hydroxyl groups excluding tert-OH is 1. The molecule has 112 valence electrons. The molecule has 4 nitrogen and oxygen atoms in total. The van der Waals surface area contributed by atoms with E-state index in [9.17, 15) is 13.9 Å². The second-order valence-corrected chi connectivity index (χ2v) is 4.46. The van der Waals surface area contributed by atoms with Gasteiger partial charge in [0, 0.05) is 11.4 Å². The number of anilines is 2. The van der Waals surface area contributed by atoms with Crippen LogP contribution < -0.4 is 15.4 Å². The van der Waals surface area contributed by atoms with Gasteiger partial charge in [-0.15, -0.1) is 0 Å². The average molecular weight is 294 g/mol. The lowest BCUT2D eigenvalue weighted by Gasteiger charge is -2.17. The van der Waals surface area contributed by atoms with Crippen LogP contribution in [0.2, 0.25) is 0 Å². The predicted octanol–water partition coefficient (Wildman–Crippen LogP) is 3.40. The number of hydrogen-bond donors (Lipinski definition) is 3. The number of nitrogens with one attached hydrogen (secondary N) is 2. The van der Waals surface area contributed by atoms with Crippen LogP contribution >= 0.6 is 0 Å². The molecule has 0 aliphatic rings. The normalized spacial score (nSPS) is 12.0. The second-order valence-electron chi connectivity index (χ2n) is 4.46. The summed E-state index contributed by atoms with van der Waals surface area (Å²) in [6, 6.07) is 13.4. The molecule has 3 N–H and O–H groups in total. The first-order chi connectivity index (χ1) is 10.0. The van der Waals surface area contributed by atoms with Gasteiger partial charge in [0.25, 0.3) is 0 Å². The van der Waals surface area contributed by atoms with E-state index in [1.165, 1.54) is 12.1 Å². The molecule has 6 heteroatoms. The Morgan fingerprint density at radius 2 is 1.67 bits per heavy atom. The highest BCUT2D eigenvalue weighted by Gasteiger charge is 2.06. The monoisotopic (exact) mass is 294 g/mol. The molecule has 0 heterocycles. The summed E-state index contributed by atoms with van der Waals surface area (Å²) in [6.07, 6.45) is -1.01. The maximum absolute atomic E-state index is 12.0. The third-order valence-electron chi connectivity index (χ3n) is 2.70. The van der Waals surface area contributed by atoms with Gasteiger partial charge in [-0.25, -0.2) is 0 Å². The van der Waals surface area contributed by atoms with Crippen molar-refractivity contribution >= 4 is 11.4 Å². The van der Waals surface area contributed by atoms with Gasteiger partial charge in [0.15, 0.2) is 0 Å². The minimum atomic E-state index is -2.85. The molecule has 0 aliphatic carbocycles. The van der Waals surface area contributed by atoms with Crippen molar-refractivity contribution in [2.45, 2.75) is 19.9 Å². The lowest BCUT2D eigenvalue weighted by Crippen LogP contribution is -2.27. The predicted molar refractivity (Wildman–Crippen MR) is 77.5 cm³/mol. The smallest absolute Gasteiger partial charge is 0.387 e. The van der Waals surface area contributed by atoms with Gasteiger partial charge >= 0.3 is 6.61 Å². The number of benzene rings is 2. The number of ether oxygens (including phenoxy) is 1. The summed E-state index contributed by atoms with van der Waals surface area (Å²) in [5.74, 6) is 0.0664. The van der Waals surface area contributed by atoms with Gasteiger partial charge < -0.3 is 20.5 Å². The van der Waals surface area contributed by atoms with Crippen molar-refractivity contribution in [2.75, 3.05) is 10.6 Å². The number of aliphatic hydroxyl groups is 1. The zero-order valence-corrected chi connectivity index (χ0v) is 11.4. The summed E-state index contributed by atoms with van der Waals surface area (Å²) in [5, 5.41) is 15.6. The van der Waals surface area contributed by atoms with Gasteiger partial charge in [0.05, 0.1) is 0 Å². The zero-order valence-electron chi connectivity index (χ0n) is 11.4. The van der Waals surface area contributed by atoms with E-state index in [0.29, 0.717) is 5.69 Å². The maximum Gasteiger partial charge on any atom is 0.387 e. The molecule has 0 aliphatic heterocycles. The molecule has 0 bridgehead atoms. The number of alkyl halides is 2. The molecule has 0 amide bonds. The first-order valence-electron chi connectivity index (χ1n) is 6.35. The molecule has 0 aromatic heterocycles. The highest BCUT2D eigenvalue weighted by molar-refractivity contribution is 5.50. The lowest BCUT2D eigenvalue weighted by molar-refractivity contribution is -0.0498. The number of rotatable bonds is 6. The molecule has 1 unspecified atom stereocenters. The van der Waals surface area contributed by atoms with Gasteiger partial charge in [0.2, 0.25) is 6.35 Å². The fourth-order valence-electron chi connectivity index (χ4n) is 1.82. The van der Waals surface area contributed by atoms with E-state index < -0.39 is 13.0 Å².